The number of urea groups is 1. The normalized spacial score (nSPS) is 13.5. The highest BCUT2D eigenvalue weighted by atomic mass is 19.1. The molecular weight excluding hydrogens is 446 g/mol. The van der Waals surface area contributed by atoms with E-state index in [9.17, 15) is 4.79 Å². The fraction of sp³-hybridized carbons (Fsp3) is 0.261. The molecule has 9 nitrogen and oxygen atoms in total. The molecule has 34 heavy (non-hydrogen) atoms. The van der Waals surface area contributed by atoms with E-state index in [-0.39, 0.29) is 18.0 Å². The first kappa shape index (κ1) is 21.7. The summed E-state index contributed by atoms with van der Waals surface area (Å²) in [6.07, 6.45) is 6.91. The van der Waals surface area contributed by atoms with Gasteiger partial charge in [0, 0.05) is 55.4 Å². The average molecular weight is 468 g/mol. The van der Waals surface area contributed by atoms with Crippen LogP contribution in [0.1, 0.15) is 11.3 Å². The van der Waals surface area contributed by atoms with Crippen LogP contribution in [0.15, 0.2) is 37.1 Å². The molecule has 4 heterocycles. The third-order valence-electron chi connectivity index (χ3n) is 6.11. The summed E-state index contributed by atoms with van der Waals surface area (Å²) in [5.41, 5.74) is 2.42. The second-order valence-corrected chi connectivity index (χ2v) is 7.98. The van der Waals surface area contributed by atoms with Crippen molar-refractivity contribution in [1.29, 1.82) is 0 Å². The van der Waals surface area contributed by atoms with Gasteiger partial charge in [0.05, 0.1) is 39.3 Å². The number of benzene rings is 1. The van der Waals surface area contributed by atoms with E-state index in [1.807, 2.05) is 28.4 Å². The van der Waals surface area contributed by atoms with Crippen LogP contribution < -0.4 is 19.3 Å². The van der Waals surface area contributed by atoms with Crippen LogP contribution in [0.5, 0.6) is 11.5 Å². The number of aryl methyl sites for hydroxylation is 1. The van der Waals surface area contributed by atoms with Gasteiger partial charge in [-0.05, 0) is 6.07 Å². The van der Waals surface area contributed by atoms with Crippen molar-refractivity contribution in [3.05, 3.63) is 59.9 Å². The van der Waals surface area contributed by atoms with Gasteiger partial charge in [-0.3, -0.25) is 9.80 Å². The number of ether oxygens (including phenoxy) is 2. The van der Waals surface area contributed by atoms with E-state index in [4.69, 9.17) is 9.47 Å². The van der Waals surface area contributed by atoms with Gasteiger partial charge >= 0.3 is 6.03 Å². The van der Waals surface area contributed by atoms with Crippen LogP contribution in [0.3, 0.4) is 0 Å². The van der Waals surface area contributed by atoms with Crippen molar-refractivity contribution in [2.24, 2.45) is 7.05 Å². The standard InChI is InChI=1S/C23H22F2N6O3/c1-28-14(11-30-6-5-26-12-30)7-15-20-13(9-27-22(15)28)10-31(23(32)29(20)2)21-18(24)16(33-3)8-17(34-4)19(21)25/h5-9,12H,10-11H2,1-4H3. The summed E-state index contributed by atoms with van der Waals surface area (Å²) >= 11 is 0. The third kappa shape index (κ3) is 3.15. The number of fused-ring (bicyclic) bond motifs is 3. The lowest BCUT2D eigenvalue weighted by molar-refractivity contribution is 0.250. The Balaban J connectivity index is 1.62. The number of amides is 2. The van der Waals surface area contributed by atoms with Gasteiger partial charge < -0.3 is 18.6 Å². The van der Waals surface area contributed by atoms with Gasteiger partial charge in [0.15, 0.2) is 23.1 Å². The number of nitrogens with zero attached hydrogens (tertiary/aromatic N) is 6. The minimum atomic E-state index is -0.984. The molecule has 0 N–H and O–H groups in total. The highest BCUT2D eigenvalue weighted by Gasteiger charge is 2.36. The zero-order valence-electron chi connectivity index (χ0n) is 19.0. The minimum absolute atomic E-state index is 0.0721. The Morgan fingerprint density at radius 3 is 2.38 bits per heavy atom. The smallest absolute Gasteiger partial charge is 0.329 e. The first-order valence-corrected chi connectivity index (χ1v) is 10.4. The van der Waals surface area contributed by atoms with E-state index >= 15 is 8.78 Å². The highest BCUT2D eigenvalue weighted by molar-refractivity contribution is 6.11. The van der Waals surface area contributed by atoms with Crippen LogP contribution in [0.4, 0.5) is 25.0 Å². The summed E-state index contributed by atoms with van der Waals surface area (Å²) in [5.74, 6) is -2.42. The maximum atomic E-state index is 15.1. The fourth-order valence-electron chi connectivity index (χ4n) is 4.38. The first-order chi connectivity index (χ1) is 16.3. The van der Waals surface area contributed by atoms with Gasteiger partial charge in [-0.15, -0.1) is 0 Å². The second-order valence-electron chi connectivity index (χ2n) is 7.98. The van der Waals surface area contributed by atoms with E-state index in [1.165, 1.54) is 19.1 Å². The quantitative estimate of drug-likeness (QED) is 0.447. The van der Waals surface area contributed by atoms with Crippen LogP contribution in [-0.4, -0.2) is 46.4 Å². The molecule has 5 rings (SSSR count). The fourth-order valence-corrected chi connectivity index (χ4v) is 4.38. The molecule has 0 radical (unpaired) electrons. The Morgan fingerprint density at radius 2 is 1.76 bits per heavy atom. The van der Waals surface area contributed by atoms with Crippen molar-refractivity contribution in [2.75, 3.05) is 31.1 Å². The van der Waals surface area contributed by atoms with E-state index in [2.05, 4.69) is 9.97 Å². The number of methoxy groups -OCH3 is 2. The van der Waals surface area contributed by atoms with Crippen LogP contribution in [-0.2, 0) is 20.1 Å². The molecule has 0 unspecified atom stereocenters. The van der Waals surface area contributed by atoms with E-state index < -0.39 is 23.4 Å². The van der Waals surface area contributed by atoms with Crippen molar-refractivity contribution < 1.29 is 23.0 Å². The Kier molecular flexibility index (Phi) is 5.11. The number of aromatic nitrogens is 4. The summed E-state index contributed by atoms with van der Waals surface area (Å²) in [6.45, 7) is 0.503. The number of halogens is 2. The van der Waals surface area contributed by atoms with E-state index in [1.54, 1.807) is 25.8 Å². The van der Waals surface area contributed by atoms with Gasteiger partial charge in [0.2, 0.25) is 0 Å². The van der Waals surface area contributed by atoms with Crippen molar-refractivity contribution in [1.82, 2.24) is 19.1 Å². The molecule has 3 aromatic heterocycles. The Labute approximate surface area is 193 Å². The number of imidazole rings is 1. The lowest BCUT2D eigenvalue weighted by atomic mass is 10.1. The molecule has 0 saturated heterocycles. The zero-order valence-corrected chi connectivity index (χ0v) is 19.0. The highest BCUT2D eigenvalue weighted by Crippen LogP contribution is 2.42. The number of rotatable bonds is 5. The summed E-state index contributed by atoms with van der Waals surface area (Å²) in [5, 5.41) is 0.773. The number of carbonyl (C=O) groups excluding carboxylic acids is 1. The number of anilines is 2. The van der Waals surface area contributed by atoms with Gasteiger partial charge in [-0.25, -0.2) is 23.5 Å². The molecule has 0 spiro atoms. The molecule has 176 valence electrons. The molecular formula is C23H22F2N6O3. The minimum Gasteiger partial charge on any atom is -0.493 e. The topological polar surface area (TPSA) is 77.7 Å². The molecule has 0 bridgehead atoms. The Bertz CT molecular complexity index is 1390. The van der Waals surface area contributed by atoms with E-state index in [0.29, 0.717) is 23.4 Å². The first-order valence-electron chi connectivity index (χ1n) is 10.4. The van der Waals surface area contributed by atoms with Gasteiger partial charge in [0.25, 0.3) is 0 Å². The van der Waals surface area contributed by atoms with Crippen LogP contribution in [0, 0.1) is 11.6 Å². The number of pyridine rings is 1. The predicted octanol–water partition coefficient (Wildman–Crippen LogP) is 3.69. The lowest BCUT2D eigenvalue weighted by Crippen LogP contribution is -2.46. The van der Waals surface area contributed by atoms with Crippen molar-refractivity contribution in [2.45, 2.75) is 13.1 Å². The zero-order chi connectivity index (χ0) is 24.1. The summed E-state index contributed by atoms with van der Waals surface area (Å²) in [6, 6.07) is 2.49. The summed E-state index contributed by atoms with van der Waals surface area (Å²) in [7, 11) is 5.99. The molecule has 1 aliphatic rings. The molecule has 0 aliphatic carbocycles. The Hall–Kier alpha value is -4.15. The maximum Gasteiger partial charge on any atom is 0.329 e. The molecule has 0 atom stereocenters. The number of carbonyl (C=O) groups is 1. The monoisotopic (exact) mass is 468 g/mol. The van der Waals surface area contributed by atoms with Crippen LogP contribution >= 0.6 is 0 Å². The summed E-state index contributed by atoms with van der Waals surface area (Å²) in [4.78, 5) is 24.4. The third-order valence-corrected chi connectivity index (χ3v) is 6.11. The SMILES string of the molecule is COc1cc(OC)c(F)c(N2Cc3cnc4c(cc(Cn5ccnc5)n4C)c3N(C)C2=O)c1F. The number of hydrogen-bond donors (Lipinski definition) is 0. The summed E-state index contributed by atoms with van der Waals surface area (Å²) < 4.78 is 44.2. The van der Waals surface area contributed by atoms with Crippen molar-refractivity contribution in [3.63, 3.8) is 0 Å². The molecule has 0 fully saturated rings. The lowest BCUT2D eigenvalue weighted by Gasteiger charge is -2.35. The molecule has 4 aromatic rings. The van der Waals surface area contributed by atoms with Gasteiger partial charge in [-0.1, -0.05) is 0 Å². The average Bonchev–Trinajstić information content (AvgIpc) is 3.45. The maximum absolute atomic E-state index is 15.1. The van der Waals surface area contributed by atoms with Crippen molar-refractivity contribution >= 4 is 28.4 Å². The molecule has 11 heteroatoms. The Morgan fingerprint density at radius 1 is 1.06 bits per heavy atom. The van der Waals surface area contributed by atoms with Crippen molar-refractivity contribution in [3.8, 4) is 11.5 Å². The number of hydrogen-bond acceptors (Lipinski definition) is 5. The van der Waals surface area contributed by atoms with Gasteiger partial charge in [-0.2, -0.15) is 0 Å². The largest absolute Gasteiger partial charge is 0.493 e. The predicted molar refractivity (Wildman–Crippen MR) is 121 cm³/mol. The van der Waals surface area contributed by atoms with Crippen LogP contribution in [0.25, 0.3) is 11.0 Å². The van der Waals surface area contributed by atoms with Crippen LogP contribution in [0.2, 0.25) is 0 Å². The van der Waals surface area contributed by atoms with E-state index in [0.717, 1.165) is 22.0 Å². The molecule has 2 amide bonds. The molecule has 1 aromatic carbocycles. The molecule has 0 saturated carbocycles. The second kappa shape index (κ2) is 8.01. The van der Waals surface area contributed by atoms with Gasteiger partial charge in [0.1, 0.15) is 11.3 Å². The molecule has 1 aliphatic heterocycles.